The number of hydrogen-bond acceptors (Lipinski definition) is 6. The Labute approximate surface area is 228 Å². The summed E-state index contributed by atoms with van der Waals surface area (Å²) in [6.07, 6.45) is 3.44. The number of nitrogens with one attached hydrogen (secondary N) is 2. The number of sulfonamides is 1. The van der Waals surface area contributed by atoms with Crippen molar-refractivity contribution >= 4 is 21.7 Å². The summed E-state index contributed by atoms with van der Waals surface area (Å²) in [5.74, 6) is -0.969. The lowest BCUT2D eigenvalue weighted by Gasteiger charge is -2.28. The van der Waals surface area contributed by atoms with E-state index in [1.165, 1.54) is 12.1 Å². The minimum absolute atomic E-state index is 0.147. The van der Waals surface area contributed by atoms with E-state index in [2.05, 4.69) is 15.0 Å². The quantitative estimate of drug-likeness (QED) is 0.204. The maximum Gasteiger partial charge on any atom is 0.335 e. The number of para-hydroxylation sites is 1. The summed E-state index contributed by atoms with van der Waals surface area (Å²) in [7, 11) is -3.79. The standard InChI is InChI=1S/C29H32N4O5S/c1-29(2,16-17-33-19-26(30-20-33)21-12-14-22(15-13-21)28(35)36)31-18-27(34)24-10-6-7-11-25(24)32-39(37,38)23-8-4-3-5-9-23/h3-15,19-20,27,31-32,34H,16-18H2,1-2H3,(H,35,36). The Balaban J connectivity index is 1.35. The molecule has 3 aromatic carbocycles. The number of carbonyl (C=O) groups is 1. The van der Waals surface area contributed by atoms with Crippen molar-refractivity contribution in [3.8, 4) is 11.3 Å². The zero-order valence-electron chi connectivity index (χ0n) is 21.8. The Morgan fingerprint density at radius 3 is 2.36 bits per heavy atom. The zero-order valence-corrected chi connectivity index (χ0v) is 22.6. The Bertz CT molecular complexity index is 1520. The van der Waals surface area contributed by atoms with E-state index in [4.69, 9.17) is 5.11 Å². The van der Waals surface area contributed by atoms with Gasteiger partial charge in [-0.2, -0.15) is 0 Å². The summed E-state index contributed by atoms with van der Waals surface area (Å²) < 4.78 is 30.2. The first kappa shape index (κ1) is 28.0. The van der Waals surface area contributed by atoms with Gasteiger partial charge in [-0.15, -0.1) is 0 Å². The first-order chi connectivity index (χ1) is 18.5. The number of aromatic nitrogens is 2. The third-order valence-electron chi connectivity index (χ3n) is 6.45. The van der Waals surface area contributed by atoms with E-state index < -0.39 is 22.1 Å². The van der Waals surface area contributed by atoms with Crippen LogP contribution in [0.15, 0.2) is 96.3 Å². The smallest absolute Gasteiger partial charge is 0.335 e. The van der Waals surface area contributed by atoms with Gasteiger partial charge in [0.2, 0.25) is 0 Å². The number of carboxylic acid groups (broad SMARTS) is 1. The minimum atomic E-state index is -3.79. The highest BCUT2D eigenvalue weighted by Crippen LogP contribution is 2.26. The molecule has 9 nitrogen and oxygen atoms in total. The molecule has 0 spiro atoms. The first-order valence-electron chi connectivity index (χ1n) is 12.5. The lowest BCUT2D eigenvalue weighted by atomic mass is 9.99. The van der Waals surface area contributed by atoms with E-state index in [9.17, 15) is 18.3 Å². The molecule has 0 aliphatic rings. The van der Waals surface area contributed by atoms with Crippen LogP contribution in [0, 0.1) is 0 Å². The third kappa shape index (κ3) is 7.32. The summed E-state index contributed by atoms with van der Waals surface area (Å²) in [6.45, 7) is 4.96. The van der Waals surface area contributed by atoms with Crippen molar-refractivity contribution in [1.82, 2.24) is 14.9 Å². The molecule has 1 atom stereocenters. The van der Waals surface area contributed by atoms with Crippen molar-refractivity contribution in [3.05, 3.63) is 103 Å². The number of aliphatic hydroxyl groups excluding tert-OH is 1. The SMILES string of the molecule is CC(C)(CCn1cnc(-c2ccc(C(=O)O)cc2)c1)NCC(O)c1ccccc1NS(=O)(=O)c1ccccc1. The van der Waals surface area contributed by atoms with Gasteiger partial charge < -0.3 is 20.1 Å². The largest absolute Gasteiger partial charge is 0.478 e. The van der Waals surface area contributed by atoms with Gasteiger partial charge >= 0.3 is 5.97 Å². The number of rotatable bonds is 12. The van der Waals surface area contributed by atoms with E-state index >= 15 is 0 Å². The highest BCUT2D eigenvalue weighted by atomic mass is 32.2. The maximum atomic E-state index is 12.8. The van der Waals surface area contributed by atoms with Crippen LogP contribution in [-0.4, -0.2) is 46.2 Å². The van der Waals surface area contributed by atoms with Crippen molar-refractivity contribution in [2.45, 2.75) is 43.4 Å². The summed E-state index contributed by atoms with van der Waals surface area (Å²) >= 11 is 0. The number of β-amino-alcohol motifs (C(OH)–C–C–N with tert-alkyl or cyclic N) is 1. The fraction of sp³-hybridized carbons (Fsp3) is 0.241. The van der Waals surface area contributed by atoms with Gasteiger partial charge in [-0.3, -0.25) is 4.72 Å². The lowest BCUT2D eigenvalue weighted by Crippen LogP contribution is -2.42. The number of hydrogen-bond donors (Lipinski definition) is 4. The van der Waals surface area contributed by atoms with Crippen LogP contribution in [0.2, 0.25) is 0 Å². The highest BCUT2D eigenvalue weighted by molar-refractivity contribution is 7.92. The van der Waals surface area contributed by atoms with E-state index in [0.717, 1.165) is 17.7 Å². The van der Waals surface area contributed by atoms with Crippen LogP contribution in [0.4, 0.5) is 5.69 Å². The van der Waals surface area contributed by atoms with Crippen LogP contribution < -0.4 is 10.0 Å². The van der Waals surface area contributed by atoms with Crippen molar-refractivity contribution in [2.75, 3.05) is 11.3 Å². The van der Waals surface area contributed by atoms with E-state index in [1.807, 2.05) is 24.6 Å². The highest BCUT2D eigenvalue weighted by Gasteiger charge is 2.22. The van der Waals surface area contributed by atoms with Crippen LogP contribution >= 0.6 is 0 Å². The number of nitrogens with zero attached hydrogens (tertiary/aromatic N) is 2. The summed E-state index contributed by atoms with van der Waals surface area (Å²) in [6, 6.07) is 21.5. The van der Waals surface area contributed by atoms with Crippen LogP contribution in [-0.2, 0) is 16.6 Å². The second kappa shape index (κ2) is 11.8. The number of anilines is 1. The zero-order chi connectivity index (χ0) is 28.0. The second-order valence-electron chi connectivity index (χ2n) is 9.92. The van der Waals surface area contributed by atoms with Gasteiger partial charge in [-0.1, -0.05) is 48.5 Å². The number of benzene rings is 3. The molecule has 10 heteroatoms. The maximum absolute atomic E-state index is 12.8. The number of imidazole rings is 1. The Hall–Kier alpha value is -3.99. The molecule has 0 bridgehead atoms. The summed E-state index contributed by atoms with van der Waals surface area (Å²) in [5, 5.41) is 23.4. The van der Waals surface area contributed by atoms with Gasteiger partial charge in [0.15, 0.2) is 0 Å². The summed E-state index contributed by atoms with van der Waals surface area (Å²) in [4.78, 5) is 15.6. The van der Waals surface area contributed by atoms with Gasteiger partial charge in [0.25, 0.3) is 10.0 Å². The summed E-state index contributed by atoms with van der Waals surface area (Å²) in [5.41, 5.74) is 2.28. The molecule has 0 radical (unpaired) electrons. The van der Waals surface area contributed by atoms with Gasteiger partial charge in [0, 0.05) is 36.0 Å². The Morgan fingerprint density at radius 2 is 1.67 bits per heavy atom. The topological polar surface area (TPSA) is 134 Å². The predicted octanol–water partition coefficient (Wildman–Crippen LogP) is 4.54. The molecule has 204 valence electrons. The molecule has 0 saturated heterocycles. The molecule has 0 aliphatic carbocycles. The second-order valence-corrected chi connectivity index (χ2v) is 11.6. The van der Waals surface area contributed by atoms with Gasteiger partial charge in [-0.05, 0) is 50.6 Å². The van der Waals surface area contributed by atoms with Crippen molar-refractivity contribution < 1.29 is 23.4 Å². The minimum Gasteiger partial charge on any atom is -0.478 e. The molecule has 1 unspecified atom stereocenters. The average molecular weight is 549 g/mol. The van der Waals surface area contributed by atoms with Gasteiger partial charge in [0.05, 0.1) is 34.3 Å². The normalized spacial score (nSPS) is 12.7. The molecule has 1 aromatic heterocycles. The molecule has 0 amide bonds. The van der Waals surface area contributed by atoms with Crippen LogP contribution in [0.25, 0.3) is 11.3 Å². The molecule has 4 N–H and O–H groups in total. The number of aromatic carboxylic acids is 1. The first-order valence-corrected chi connectivity index (χ1v) is 14.0. The third-order valence-corrected chi connectivity index (χ3v) is 7.83. The number of aliphatic hydroxyl groups is 1. The molecule has 39 heavy (non-hydrogen) atoms. The molecule has 0 fully saturated rings. The number of aryl methyl sites for hydroxylation is 1. The lowest BCUT2D eigenvalue weighted by molar-refractivity contribution is 0.0697. The van der Waals surface area contributed by atoms with E-state index in [-0.39, 0.29) is 22.5 Å². The van der Waals surface area contributed by atoms with Crippen LogP contribution in [0.3, 0.4) is 0 Å². The fourth-order valence-electron chi connectivity index (χ4n) is 4.08. The van der Waals surface area contributed by atoms with Crippen LogP contribution in [0.5, 0.6) is 0 Å². The molecule has 1 heterocycles. The van der Waals surface area contributed by atoms with Crippen LogP contribution in [0.1, 0.15) is 42.3 Å². The van der Waals surface area contributed by atoms with E-state index in [1.54, 1.807) is 73.1 Å². The average Bonchev–Trinajstić information content (AvgIpc) is 3.41. The molecule has 0 saturated carbocycles. The van der Waals surface area contributed by atoms with Crippen molar-refractivity contribution in [3.63, 3.8) is 0 Å². The number of carboxylic acids is 1. The molecular formula is C29H32N4O5S. The van der Waals surface area contributed by atoms with E-state index in [0.29, 0.717) is 17.8 Å². The molecule has 4 rings (SSSR count). The van der Waals surface area contributed by atoms with Gasteiger partial charge in [-0.25, -0.2) is 18.2 Å². The monoisotopic (exact) mass is 548 g/mol. The molecular weight excluding hydrogens is 516 g/mol. The van der Waals surface area contributed by atoms with Crippen molar-refractivity contribution in [2.24, 2.45) is 0 Å². The predicted molar refractivity (Wildman–Crippen MR) is 150 cm³/mol. The fourth-order valence-corrected chi connectivity index (χ4v) is 5.19. The Morgan fingerprint density at radius 1 is 1.00 bits per heavy atom. The van der Waals surface area contributed by atoms with Crippen molar-refractivity contribution in [1.29, 1.82) is 0 Å². The molecule has 0 aliphatic heterocycles. The molecule has 4 aromatic rings. The Kier molecular flexibility index (Phi) is 8.49. The van der Waals surface area contributed by atoms with Gasteiger partial charge in [0.1, 0.15) is 0 Å².